The molecule has 0 radical (unpaired) electrons. The molecule has 112 valence electrons. The van der Waals surface area contributed by atoms with E-state index in [9.17, 15) is 9.59 Å². The average Bonchev–Trinajstić information content (AvgIpc) is 2.90. The number of nitrogens with zero attached hydrogens (tertiary/aromatic N) is 2. The lowest BCUT2D eigenvalue weighted by molar-refractivity contribution is 0.100. The summed E-state index contributed by atoms with van der Waals surface area (Å²) in [6, 6.07) is 6.30. The van der Waals surface area contributed by atoms with Crippen LogP contribution in [0.5, 0.6) is 0 Å². The van der Waals surface area contributed by atoms with E-state index in [1.54, 1.807) is 12.1 Å². The molecule has 0 saturated carbocycles. The Labute approximate surface area is 129 Å². The van der Waals surface area contributed by atoms with Crippen molar-refractivity contribution >= 4 is 28.6 Å². The number of amides is 1. The minimum atomic E-state index is -0.555. The van der Waals surface area contributed by atoms with E-state index in [1.807, 2.05) is 6.92 Å². The van der Waals surface area contributed by atoms with E-state index in [1.165, 1.54) is 23.9 Å². The van der Waals surface area contributed by atoms with E-state index in [0.717, 1.165) is 11.5 Å². The van der Waals surface area contributed by atoms with Gasteiger partial charge in [-0.05, 0) is 25.1 Å². The third-order valence-corrected chi connectivity index (χ3v) is 4.00. The molecule has 0 spiro atoms. The van der Waals surface area contributed by atoms with Crippen molar-refractivity contribution in [2.24, 2.45) is 5.73 Å². The molecule has 4 N–H and O–H groups in total. The molecule has 22 heavy (non-hydrogen) atoms. The lowest BCUT2D eigenvalue weighted by atomic mass is 10.1. The fourth-order valence-electron chi connectivity index (χ4n) is 2.06. The number of nitrogens with two attached hydrogens (primary N) is 1. The number of carbonyl (C=O) groups excluding carboxylic acids is 1. The van der Waals surface area contributed by atoms with Gasteiger partial charge in [0.05, 0.1) is 0 Å². The van der Waals surface area contributed by atoms with Crippen LogP contribution in [-0.2, 0) is 5.75 Å². The minimum Gasteiger partial charge on any atom is -0.366 e. The van der Waals surface area contributed by atoms with Crippen molar-refractivity contribution in [3.63, 3.8) is 0 Å². The summed E-state index contributed by atoms with van der Waals surface area (Å²) in [5.74, 6) is 0.731. The van der Waals surface area contributed by atoms with Crippen molar-refractivity contribution < 1.29 is 4.79 Å². The van der Waals surface area contributed by atoms with Crippen LogP contribution in [0.15, 0.2) is 34.2 Å². The number of aromatic amines is 2. The molecular weight excluding hydrogens is 302 g/mol. The number of rotatable bonds is 4. The zero-order valence-corrected chi connectivity index (χ0v) is 12.5. The molecule has 1 amide bonds. The number of hydrogen-bond donors (Lipinski definition) is 3. The molecule has 0 bridgehead atoms. The first-order chi connectivity index (χ1) is 10.5. The van der Waals surface area contributed by atoms with E-state index in [0.29, 0.717) is 27.4 Å². The largest absolute Gasteiger partial charge is 0.366 e. The Balaban J connectivity index is 1.90. The molecule has 7 nitrogen and oxygen atoms in total. The van der Waals surface area contributed by atoms with Crippen molar-refractivity contribution in [3.8, 4) is 0 Å². The highest BCUT2D eigenvalue weighted by atomic mass is 32.2. The van der Waals surface area contributed by atoms with Crippen molar-refractivity contribution in [1.82, 2.24) is 20.2 Å². The van der Waals surface area contributed by atoms with Gasteiger partial charge >= 0.3 is 0 Å². The summed E-state index contributed by atoms with van der Waals surface area (Å²) in [4.78, 5) is 30.7. The first kappa shape index (κ1) is 14.3. The topological polar surface area (TPSA) is 118 Å². The molecule has 0 aliphatic rings. The number of nitrogens with one attached hydrogen (secondary N) is 2. The summed E-state index contributed by atoms with van der Waals surface area (Å²) in [6.45, 7) is 1.82. The SMILES string of the molecule is Cc1nc(SCc2cc(=O)c3cc(C(N)=O)ccc3[nH]2)n[nH]1. The summed E-state index contributed by atoms with van der Waals surface area (Å²) in [7, 11) is 0. The fraction of sp³-hybridized carbons (Fsp3) is 0.143. The number of fused-ring (bicyclic) bond motifs is 1. The van der Waals surface area contributed by atoms with Gasteiger partial charge in [0.25, 0.3) is 0 Å². The number of aromatic nitrogens is 4. The molecule has 0 aliphatic heterocycles. The van der Waals surface area contributed by atoms with Crippen LogP contribution in [0.4, 0.5) is 0 Å². The van der Waals surface area contributed by atoms with Crippen molar-refractivity contribution in [2.45, 2.75) is 17.8 Å². The second-order valence-electron chi connectivity index (χ2n) is 4.78. The highest BCUT2D eigenvalue weighted by Gasteiger charge is 2.08. The number of pyridine rings is 1. The number of thioether (sulfide) groups is 1. The third-order valence-electron chi connectivity index (χ3n) is 3.10. The Hall–Kier alpha value is -2.61. The van der Waals surface area contributed by atoms with Crippen molar-refractivity contribution in [2.75, 3.05) is 0 Å². The summed E-state index contributed by atoms with van der Waals surface area (Å²) in [6.07, 6.45) is 0. The van der Waals surface area contributed by atoms with Gasteiger partial charge in [0, 0.05) is 34.0 Å². The third kappa shape index (κ3) is 2.86. The van der Waals surface area contributed by atoms with E-state index in [4.69, 9.17) is 5.73 Å². The number of aryl methyl sites for hydroxylation is 1. The Morgan fingerprint density at radius 3 is 2.86 bits per heavy atom. The maximum atomic E-state index is 12.2. The van der Waals surface area contributed by atoms with Crippen LogP contribution in [0.1, 0.15) is 21.9 Å². The van der Waals surface area contributed by atoms with Gasteiger partial charge in [-0.25, -0.2) is 4.98 Å². The van der Waals surface area contributed by atoms with Gasteiger partial charge in [-0.3, -0.25) is 14.7 Å². The zero-order valence-electron chi connectivity index (χ0n) is 11.7. The predicted octanol–water partition coefficient (Wildman–Crippen LogP) is 1.35. The number of benzene rings is 1. The van der Waals surface area contributed by atoms with E-state index in [-0.39, 0.29) is 5.43 Å². The lowest BCUT2D eigenvalue weighted by Gasteiger charge is -2.04. The van der Waals surface area contributed by atoms with Crippen molar-refractivity contribution in [1.29, 1.82) is 0 Å². The summed E-state index contributed by atoms with van der Waals surface area (Å²) in [5.41, 5.74) is 6.82. The van der Waals surface area contributed by atoms with Gasteiger partial charge in [-0.15, -0.1) is 5.10 Å². The second-order valence-corrected chi connectivity index (χ2v) is 5.72. The molecule has 0 saturated heterocycles. The molecule has 3 rings (SSSR count). The van der Waals surface area contributed by atoms with Crippen LogP contribution in [0.3, 0.4) is 0 Å². The number of primary amides is 1. The summed E-state index contributed by atoms with van der Waals surface area (Å²) >= 11 is 1.42. The maximum absolute atomic E-state index is 12.2. The normalized spacial score (nSPS) is 11.0. The predicted molar refractivity (Wildman–Crippen MR) is 83.8 cm³/mol. The fourth-order valence-corrected chi connectivity index (χ4v) is 2.81. The molecular formula is C14H13N5O2S. The first-order valence-electron chi connectivity index (χ1n) is 6.50. The average molecular weight is 315 g/mol. The Morgan fingerprint density at radius 2 is 2.18 bits per heavy atom. The molecule has 0 atom stereocenters. The van der Waals surface area contributed by atoms with Gasteiger partial charge in [0.2, 0.25) is 11.1 Å². The number of carbonyl (C=O) groups is 1. The van der Waals surface area contributed by atoms with E-state index >= 15 is 0 Å². The number of hydrogen-bond acceptors (Lipinski definition) is 5. The highest BCUT2D eigenvalue weighted by molar-refractivity contribution is 7.98. The minimum absolute atomic E-state index is 0.154. The zero-order chi connectivity index (χ0) is 15.7. The Kier molecular flexibility index (Phi) is 3.68. The van der Waals surface area contributed by atoms with Gasteiger partial charge in [-0.2, -0.15) is 0 Å². The van der Waals surface area contributed by atoms with Crippen LogP contribution >= 0.6 is 11.8 Å². The quantitative estimate of drug-likeness (QED) is 0.628. The monoisotopic (exact) mass is 315 g/mol. The molecule has 8 heteroatoms. The highest BCUT2D eigenvalue weighted by Crippen LogP contribution is 2.19. The van der Waals surface area contributed by atoms with Gasteiger partial charge in [0.1, 0.15) is 5.82 Å². The van der Waals surface area contributed by atoms with Crippen LogP contribution < -0.4 is 11.2 Å². The molecule has 0 fully saturated rings. The molecule has 0 aliphatic carbocycles. The summed E-state index contributed by atoms with van der Waals surface area (Å²) in [5, 5.41) is 7.87. The standard InChI is InChI=1S/C14H13N5O2S/c1-7-16-14(19-18-7)22-6-9-5-12(20)10-4-8(13(15)21)2-3-11(10)17-9/h2-5H,6H2,1H3,(H2,15,21)(H,17,20)(H,16,18,19). The van der Waals surface area contributed by atoms with Crippen LogP contribution in [0, 0.1) is 6.92 Å². The molecule has 0 unspecified atom stereocenters. The molecule has 2 aromatic heterocycles. The van der Waals surface area contributed by atoms with Crippen LogP contribution in [0.2, 0.25) is 0 Å². The van der Waals surface area contributed by atoms with Crippen LogP contribution in [0.25, 0.3) is 10.9 Å². The first-order valence-corrected chi connectivity index (χ1v) is 7.49. The van der Waals surface area contributed by atoms with Gasteiger partial charge < -0.3 is 10.7 Å². The molecule has 3 aromatic rings. The Morgan fingerprint density at radius 1 is 1.36 bits per heavy atom. The molecule has 2 heterocycles. The maximum Gasteiger partial charge on any atom is 0.248 e. The van der Waals surface area contributed by atoms with Crippen molar-refractivity contribution in [3.05, 3.63) is 51.6 Å². The van der Waals surface area contributed by atoms with E-state index < -0.39 is 5.91 Å². The summed E-state index contributed by atoms with van der Waals surface area (Å²) < 4.78 is 0. The van der Waals surface area contributed by atoms with E-state index in [2.05, 4.69) is 20.2 Å². The molecule has 1 aromatic carbocycles. The van der Waals surface area contributed by atoms with Crippen LogP contribution in [-0.4, -0.2) is 26.1 Å². The second kappa shape index (κ2) is 5.64. The number of H-pyrrole nitrogens is 2. The lowest BCUT2D eigenvalue weighted by Crippen LogP contribution is -2.12. The van der Waals surface area contributed by atoms with Gasteiger partial charge in [-0.1, -0.05) is 11.8 Å². The van der Waals surface area contributed by atoms with Gasteiger partial charge in [0.15, 0.2) is 5.43 Å². The smallest absolute Gasteiger partial charge is 0.248 e. The Bertz CT molecular complexity index is 915.